The molecule has 6 heteroatoms. The van der Waals surface area contributed by atoms with Gasteiger partial charge in [0.15, 0.2) is 0 Å². The van der Waals surface area contributed by atoms with Gasteiger partial charge in [-0.3, -0.25) is 4.79 Å². The number of rotatable bonds is 2. The summed E-state index contributed by atoms with van der Waals surface area (Å²) in [4.78, 5) is 18.8. The molecule has 128 valence electrons. The Balaban J connectivity index is 1.89. The van der Waals surface area contributed by atoms with Gasteiger partial charge in [0, 0.05) is 31.6 Å². The van der Waals surface area contributed by atoms with Gasteiger partial charge in [-0.05, 0) is 24.6 Å². The monoisotopic (exact) mass is 333 g/mol. The highest BCUT2D eigenvalue weighted by molar-refractivity contribution is 5.94. The first-order chi connectivity index (χ1) is 11.3. The molecule has 1 aromatic carbocycles. The lowest BCUT2D eigenvalue weighted by Gasteiger charge is -2.27. The second kappa shape index (κ2) is 6.00. The van der Waals surface area contributed by atoms with E-state index in [-0.39, 0.29) is 17.0 Å². The lowest BCUT2D eigenvalue weighted by atomic mass is 10.1. The molecule has 0 aliphatic carbocycles. The number of halogens is 2. The van der Waals surface area contributed by atoms with Crippen molar-refractivity contribution in [3.63, 3.8) is 0 Å². The summed E-state index contributed by atoms with van der Waals surface area (Å²) in [6.45, 7) is 6.41. The molecule has 1 aromatic heterocycles. The average Bonchev–Trinajstić information content (AvgIpc) is 2.87. The van der Waals surface area contributed by atoms with Crippen molar-refractivity contribution in [2.45, 2.75) is 39.7 Å². The molecule has 0 fully saturated rings. The minimum atomic E-state index is -0.686. The van der Waals surface area contributed by atoms with Gasteiger partial charge >= 0.3 is 0 Å². The van der Waals surface area contributed by atoms with Crippen LogP contribution in [-0.2, 0) is 20.0 Å². The smallest absolute Gasteiger partial charge is 0.257 e. The fraction of sp³-hybridized carbons (Fsp3) is 0.444. The van der Waals surface area contributed by atoms with Gasteiger partial charge < -0.3 is 9.47 Å². The summed E-state index contributed by atoms with van der Waals surface area (Å²) in [5.41, 5.74) is 1.92. The Labute approximate surface area is 140 Å². The Hall–Kier alpha value is -2.24. The van der Waals surface area contributed by atoms with Crippen LogP contribution in [-0.4, -0.2) is 26.9 Å². The SMILES string of the molecule is Cc1cc(F)c(C(=O)N2CCc3c(nc(C(C)C)n3C)C2)cc1F. The molecule has 1 aliphatic heterocycles. The van der Waals surface area contributed by atoms with Crippen molar-refractivity contribution in [2.24, 2.45) is 7.05 Å². The Bertz CT molecular complexity index is 811. The summed E-state index contributed by atoms with van der Waals surface area (Å²) in [5, 5.41) is 0. The van der Waals surface area contributed by atoms with Gasteiger partial charge in [0.1, 0.15) is 17.5 Å². The number of amides is 1. The molecule has 1 amide bonds. The number of carbonyl (C=O) groups is 1. The molecule has 2 aromatic rings. The molecule has 2 heterocycles. The quantitative estimate of drug-likeness (QED) is 0.845. The molecule has 24 heavy (non-hydrogen) atoms. The molecule has 0 unspecified atom stereocenters. The summed E-state index contributed by atoms with van der Waals surface area (Å²) in [5.74, 6) is -0.491. The van der Waals surface area contributed by atoms with E-state index in [2.05, 4.69) is 23.4 Å². The summed E-state index contributed by atoms with van der Waals surface area (Å²) in [6.07, 6.45) is 0.660. The zero-order valence-electron chi connectivity index (χ0n) is 14.4. The lowest BCUT2D eigenvalue weighted by Crippen LogP contribution is -2.37. The largest absolute Gasteiger partial charge is 0.334 e. The van der Waals surface area contributed by atoms with E-state index in [1.165, 1.54) is 11.8 Å². The van der Waals surface area contributed by atoms with Crippen molar-refractivity contribution in [1.29, 1.82) is 0 Å². The van der Waals surface area contributed by atoms with Crippen LogP contribution in [0.1, 0.15) is 52.9 Å². The molecule has 0 spiro atoms. The maximum Gasteiger partial charge on any atom is 0.257 e. The molecule has 0 saturated carbocycles. The molecule has 4 nitrogen and oxygen atoms in total. The topological polar surface area (TPSA) is 38.1 Å². The summed E-state index contributed by atoms with van der Waals surface area (Å²) in [6, 6.07) is 2.05. The second-order valence-electron chi connectivity index (χ2n) is 6.64. The van der Waals surface area contributed by atoms with Crippen LogP contribution in [0.15, 0.2) is 12.1 Å². The Kier molecular flexibility index (Phi) is 4.15. The molecule has 0 radical (unpaired) electrons. The Morgan fingerprint density at radius 1 is 1.25 bits per heavy atom. The fourth-order valence-corrected chi connectivity index (χ4v) is 3.22. The van der Waals surface area contributed by atoms with Crippen LogP contribution in [0.2, 0.25) is 0 Å². The third-order valence-corrected chi connectivity index (χ3v) is 4.57. The second-order valence-corrected chi connectivity index (χ2v) is 6.64. The van der Waals surface area contributed by atoms with Crippen LogP contribution in [0.25, 0.3) is 0 Å². The van der Waals surface area contributed by atoms with Crippen molar-refractivity contribution >= 4 is 5.91 Å². The van der Waals surface area contributed by atoms with E-state index in [9.17, 15) is 13.6 Å². The highest BCUT2D eigenvalue weighted by Gasteiger charge is 2.28. The van der Waals surface area contributed by atoms with E-state index in [4.69, 9.17) is 0 Å². The molecule has 3 rings (SSSR count). The van der Waals surface area contributed by atoms with Crippen molar-refractivity contribution in [3.05, 3.63) is 52.1 Å². The first-order valence-electron chi connectivity index (χ1n) is 8.08. The van der Waals surface area contributed by atoms with Crippen LogP contribution >= 0.6 is 0 Å². The molecule has 0 atom stereocenters. The fourth-order valence-electron chi connectivity index (χ4n) is 3.22. The van der Waals surface area contributed by atoms with E-state index < -0.39 is 17.5 Å². The highest BCUT2D eigenvalue weighted by atomic mass is 19.1. The van der Waals surface area contributed by atoms with Gasteiger partial charge in [-0.1, -0.05) is 13.8 Å². The van der Waals surface area contributed by atoms with Crippen LogP contribution in [0.5, 0.6) is 0 Å². The first kappa shape index (κ1) is 16.6. The molecule has 0 bridgehead atoms. The third kappa shape index (κ3) is 2.70. The van der Waals surface area contributed by atoms with Crippen molar-refractivity contribution < 1.29 is 13.6 Å². The van der Waals surface area contributed by atoms with E-state index in [0.717, 1.165) is 29.3 Å². The molecular formula is C18H21F2N3O. The highest BCUT2D eigenvalue weighted by Crippen LogP contribution is 2.25. The summed E-state index contributed by atoms with van der Waals surface area (Å²) >= 11 is 0. The molecule has 1 aliphatic rings. The number of nitrogens with zero attached hydrogens (tertiary/aromatic N) is 3. The number of fused-ring (bicyclic) bond motifs is 1. The van der Waals surface area contributed by atoms with Crippen LogP contribution in [0.4, 0.5) is 8.78 Å². The standard InChI is InChI=1S/C18H21F2N3O/c1-10(2)17-21-15-9-23(6-5-16(15)22(17)4)18(24)12-8-13(19)11(3)7-14(12)20/h7-8,10H,5-6,9H2,1-4H3. The number of imidazole rings is 1. The van der Waals surface area contributed by atoms with Crippen LogP contribution in [0, 0.1) is 18.6 Å². The summed E-state index contributed by atoms with van der Waals surface area (Å²) in [7, 11) is 1.98. The third-order valence-electron chi connectivity index (χ3n) is 4.57. The number of hydrogen-bond donors (Lipinski definition) is 0. The zero-order valence-corrected chi connectivity index (χ0v) is 14.4. The van der Waals surface area contributed by atoms with Crippen LogP contribution < -0.4 is 0 Å². The maximum atomic E-state index is 14.1. The van der Waals surface area contributed by atoms with Gasteiger partial charge in [0.25, 0.3) is 5.91 Å². The van der Waals surface area contributed by atoms with Gasteiger partial charge in [-0.2, -0.15) is 0 Å². The first-order valence-corrected chi connectivity index (χ1v) is 8.08. The molecule has 0 saturated heterocycles. The number of benzene rings is 1. The van der Waals surface area contributed by atoms with Gasteiger partial charge in [0.2, 0.25) is 0 Å². The van der Waals surface area contributed by atoms with Crippen molar-refractivity contribution in [2.75, 3.05) is 6.54 Å². The maximum absolute atomic E-state index is 14.1. The summed E-state index contributed by atoms with van der Waals surface area (Å²) < 4.78 is 29.9. The van der Waals surface area contributed by atoms with E-state index in [1.54, 1.807) is 0 Å². The average molecular weight is 333 g/mol. The Morgan fingerprint density at radius 2 is 1.96 bits per heavy atom. The van der Waals surface area contributed by atoms with Gasteiger partial charge in [-0.25, -0.2) is 13.8 Å². The van der Waals surface area contributed by atoms with E-state index >= 15 is 0 Å². The number of hydrogen-bond acceptors (Lipinski definition) is 2. The number of carbonyl (C=O) groups excluding carboxylic acids is 1. The predicted molar refractivity (Wildman–Crippen MR) is 86.8 cm³/mol. The van der Waals surface area contributed by atoms with Crippen molar-refractivity contribution in [3.8, 4) is 0 Å². The molecular weight excluding hydrogens is 312 g/mol. The normalized spacial score (nSPS) is 14.2. The van der Waals surface area contributed by atoms with Gasteiger partial charge in [-0.15, -0.1) is 0 Å². The number of aryl methyl sites for hydroxylation is 1. The van der Waals surface area contributed by atoms with E-state index in [1.807, 2.05) is 7.05 Å². The lowest BCUT2D eigenvalue weighted by molar-refractivity contribution is 0.0726. The zero-order chi connectivity index (χ0) is 17.6. The number of aromatic nitrogens is 2. The minimum Gasteiger partial charge on any atom is -0.334 e. The minimum absolute atomic E-state index is 0.191. The van der Waals surface area contributed by atoms with Crippen molar-refractivity contribution in [1.82, 2.24) is 14.5 Å². The van der Waals surface area contributed by atoms with Crippen LogP contribution in [0.3, 0.4) is 0 Å². The Morgan fingerprint density at radius 3 is 2.62 bits per heavy atom. The van der Waals surface area contributed by atoms with Gasteiger partial charge in [0.05, 0.1) is 17.8 Å². The van der Waals surface area contributed by atoms with E-state index in [0.29, 0.717) is 19.5 Å². The molecule has 0 N–H and O–H groups in total. The predicted octanol–water partition coefficient (Wildman–Crippen LogP) is 3.33.